The standard InChI is InChI=1S/C19H26N4O3/c1-13(24)23-8-3-2-5-16(23)18-20-11-14-12-22(9-7-15(14)21-18)19(25)17-6-4-10-26-17/h11,16-17H,2-10,12H2,1H3/t16-,17-/m0/s1. The molecule has 1 aromatic rings. The average Bonchev–Trinajstić information content (AvgIpc) is 3.21. The molecule has 0 saturated carbocycles. The molecule has 0 spiro atoms. The molecule has 0 aromatic carbocycles. The molecule has 3 aliphatic rings. The number of ether oxygens (including phenoxy) is 1. The van der Waals surface area contributed by atoms with E-state index in [1.807, 2.05) is 16.0 Å². The number of likely N-dealkylation sites (tertiary alicyclic amines) is 1. The Morgan fingerprint density at radius 1 is 1.19 bits per heavy atom. The van der Waals surface area contributed by atoms with Crippen LogP contribution in [0.4, 0.5) is 0 Å². The third-order valence-corrected chi connectivity index (χ3v) is 5.67. The van der Waals surface area contributed by atoms with Gasteiger partial charge in [-0.25, -0.2) is 9.97 Å². The number of fused-ring (bicyclic) bond motifs is 1. The van der Waals surface area contributed by atoms with Crippen molar-refractivity contribution >= 4 is 11.8 Å². The molecule has 3 aliphatic heterocycles. The van der Waals surface area contributed by atoms with Gasteiger partial charge < -0.3 is 14.5 Å². The normalized spacial score (nSPS) is 25.9. The van der Waals surface area contributed by atoms with Gasteiger partial charge in [0, 0.05) is 51.3 Å². The lowest BCUT2D eigenvalue weighted by Crippen LogP contribution is -2.42. The van der Waals surface area contributed by atoms with Crippen LogP contribution < -0.4 is 0 Å². The maximum Gasteiger partial charge on any atom is 0.252 e. The molecule has 0 unspecified atom stereocenters. The molecule has 0 bridgehead atoms. The highest BCUT2D eigenvalue weighted by Gasteiger charge is 2.32. The van der Waals surface area contributed by atoms with Crippen LogP contribution in [0.1, 0.15) is 62.2 Å². The molecule has 2 atom stereocenters. The second kappa shape index (κ2) is 7.31. The van der Waals surface area contributed by atoms with E-state index in [0.29, 0.717) is 19.7 Å². The van der Waals surface area contributed by atoms with Crippen molar-refractivity contribution in [2.75, 3.05) is 19.7 Å². The van der Waals surface area contributed by atoms with Crippen molar-refractivity contribution in [3.05, 3.63) is 23.3 Å². The van der Waals surface area contributed by atoms with Crippen LogP contribution in [0, 0.1) is 0 Å². The second-order valence-corrected chi connectivity index (χ2v) is 7.44. The molecular weight excluding hydrogens is 332 g/mol. The van der Waals surface area contributed by atoms with Gasteiger partial charge in [-0.2, -0.15) is 0 Å². The van der Waals surface area contributed by atoms with Gasteiger partial charge in [-0.1, -0.05) is 0 Å². The summed E-state index contributed by atoms with van der Waals surface area (Å²) in [6, 6.07) is -0.0156. The van der Waals surface area contributed by atoms with Crippen LogP contribution in [0.5, 0.6) is 0 Å². The summed E-state index contributed by atoms with van der Waals surface area (Å²) in [6.45, 7) is 4.30. The monoisotopic (exact) mass is 358 g/mol. The maximum absolute atomic E-state index is 12.6. The van der Waals surface area contributed by atoms with Gasteiger partial charge in [0.1, 0.15) is 6.10 Å². The zero-order chi connectivity index (χ0) is 18.1. The van der Waals surface area contributed by atoms with Crippen LogP contribution in [0.2, 0.25) is 0 Å². The third kappa shape index (κ3) is 3.32. The molecule has 2 saturated heterocycles. The average molecular weight is 358 g/mol. The molecule has 1 aromatic heterocycles. The molecule has 2 amide bonds. The van der Waals surface area contributed by atoms with Crippen molar-refractivity contribution < 1.29 is 14.3 Å². The first-order valence-electron chi connectivity index (χ1n) is 9.66. The van der Waals surface area contributed by atoms with Crippen molar-refractivity contribution in [2.24, 2.45) is 0 Å². The fourth-order valence-corrected chi connectivity index (χ4v) is 4.23. The van der Waals surface area contributed by atoms with Crippen LogP contribution in [0.3, 0.4) is 0 Å². The molecular formula is C19H26N4O3. The lowest BCUT2D eigenvalue weighted by atomic mass is 10.00. The SMILES string of the molecule is CC(=O)N1CCCC[C@H]1c1ncc2c(n1)CCN(C(=O)[C@@H]1CCCO1)C2. The fourth-order valence-electron chi connectivity index (χ4n) is 4.23. The van der Waals surface area contributed by atoms with Crippen molar-refractivity contribution in [1.82, 2.24) is 19.8 Å². The van der Waals surface area contributed by atoms with Gasteiger partial charge >= 0.3 is 0 Å². The van der Waals surface area contributed by atoms with Crippen molar-refractivity contribution in [3.8, 4) is 0 Å². The zero-order valence-electron chi connectivity index (χ0n) is 15.3. The van der Waals surface area contributed by atoms with E-state index >= 15 is 0 Å². The van der Waals surface area contributed by atoms with E-state index in [1.54, 1.807) is 6.92 Å². The Hall–Kier alpha value is -2.02. The summed E-state index contributed by atoms with van der Waals surface area (Å²) in [4.78, 5) is 37.6. The summed E-state index contributed by atoms with van der Waals surface area (Å²) in [7, 11) is 0. The first-order valence-corrected chi connectivity index (χ1v) is 9.66. The molecule has 0 radical (unpaired) electrons. The number of amides is 2. The minimum absolute atomic E-state index is 0.0156. The second-order valence-electron chi connectivity index (χ2n) is 7.44. The van der Waals surface area contributed by atoms with E-state index < -0.39 is 0 Å². The summed E-state index contributed by atoms with van der Waals surface area (Å²) in [5, 5.41) is 0. The number of hydrogen-bond donors (Lipinski definition) is 0. The number of piperidine rings is 1. The van der Waals surface area contributed by atoms with E-state index in [1.165, 1.54) is 0 Å². The zero-order valence-corrected chi connectivity index (χ0v) is 15.3. The van der Waals surface area contributed by atoms with Crippen LogP contribution in [-0.4, -0.2) is 57.4 Å². The summed E-state index contributed by atoms with van der Waals surface area (Å²) < 4.78 is 5.53. The summed E-state index contributed by atoms with van der Waals surface area (Å²) >= 11 is 0. The molecule has 2 fully saturated rings. The highest BCUT2D eigenvalue weighted by Crippen LogP contribution is 2.30. The van der Waals surface area contributed by atoms with Gasteiger partial charge in [0.2, 0.25) is 5.91 Å². The fraction of sp³-hybridized carbons (Fsp3) is 0.684. The smallest absolute Gasteiger partial charge is 0.252 e. The van der Waals surface area contributed by atoms with Gasteiger partial charge in [-0.05, 0) is 32.1 Å². The summed E-state index contributed by atoms with van der Waals surface area (Å²) in [6.07, 6.45) is 7.14. The van der Waals surface area contributed by atoms with Gasteiger partial charge in [-0.3, -0.25) is 9.59 Å². The Morgan fingerprint density at radius 2 is 2.08 bits per heavy atom. The lowest BCUT2D eigenvalue weighted by molar-refractivity contribution is -0.142. The predicted octanol–water partition coefficient (Wildman–Crippen LogP) is 1.61. The topological polar surface area (TPSA) is 75.6 Å². The Kier molecular flexibility index (Phi) is 4.89. The van der Waals surface area contributed by atoms with Gasteiger partial charge in [0.15, 0.2) is 5.82 Å². The maximum atomic E-state index is 12.6. The van der Waals surface area contributed by atoms with E-state index in [2.05, 4.69) is 4.98 Å². The largest absolute Gasteiger partial charge is 0.368 e. The Morgan fingerprint density at radius 3 is 2.85 bits per heavy atom. The highest BCUT2D eigenvalue weighted by molar-refractivity contribution is 5.81. The van der Waals surface area contributed by atoms with Crippen molar-refractivity contribution in [2.45, 2.75) is 64.1 Å². The number of nitrogens with zero attached hydrogens (tertiary/aromatic N) is 4. The quantitative estimate of drug-likeness (QED) is 0.803. The molecule has 0 aliphatic carbocycles. The Bertz CT molecular complexity index is 702. The summed E-state index contributed by atoms with van der Waals surface area (Å²) in [5.74, 6) is 0.925. The molecule has 7 nitrogen and oxygen atoms in total. The number of carbonyl (C=O) groups is 2. The number of hydrogen-bond acceptors (Lipinski definition) is 5. The molecule has 0 N–H and O–H groups in total. The van der Waals surface area contributed by atoms with E-state index in [-0.39, 0.29) is 24.0 Å². The van der Waals surface area contributed by atoms with Crippen LogP contribution in [-0.2, 0) is 27.3 Å². The van der Waals surface area contributed by atoms with Crippen LogP contribution >= 0.6 is 0 Å². The van der Waals surface area contributed by atoms with E-state index in [9.17, 15) is 9.59 Å². The van der Waals surface area contributed by atoms with Crippen molar-refractivity contribution in [1.29, 1.82) is 0 Å². The molecule has 140 valence electrons. The number of carbonyl (C=O) groups excluding carboxylic acids is 2. The molecule has 4 rings (SSSR count). The molecule has 7 heteroatoms. The van der Waals surface area contributed by atoms with Crippen LogP contribution in [0.15, 0.2) is 6.20 Å². The van der Waals surface area contributed by atoms with Gasteiger partial charge in [-0.15, -0.1) is 0 Å². The van der Waals surface area contributed by atoms with Gasteiger partial charge in [0.05, 0.1) is 11.7 Å². The predicted molar refractivity (Wildman–Crippen MR) is 94.1 cm³/mol. The number of rotatable bonds is 2. The van der Waals surface area contributed by atoms with E-state index in [4.69, 9.17) is 9.72 Å². The minimum atomic E-state index is -0.275. The Labute approximate surface area is 153 Å². The first kappa shape index (κ1) is 17.4. The van der Waals surface area contributed by atoms with Crippen LogP contribution in [0.25, 0.3) is 0 Å². The molecule has 4 heterocycles. The van der Waals surface area contributed by atoms with Crippen molar-refractivity contribution in [3.63, 3.8) is 0 Å². The van der Waals surface area contributed by atoms with E-state index in [0.717, 1.165) is 62.2 Å². The lowest BCUT2D eigenvalue weighted by Gasteiger charge is -2.35. The highest BCUT2D eigenvalue weighted by atomic mass is 16.5. The Balaban J connectivity index is 1.50. The van der Waals surface area contributed by atoms with Gasteiger partial charge in [0.25, 0.3) is 5.91 Å². The third-order valence-electron chi connectivity index (χ3n) is 5.67. The number of aromatic nitrogens is 2. The minimum Gasteiger partial charge on any atom is -0.368 e. The molecule has 26 heavy (non-hydrogen) atoms. The first-order chi connectivity index (χ1) is 12.6. The summed E-state index contributed by atoms with van der Waals surface area (Å²) in [5.41, 5.74) is 2.02.